The van der Waals surface area contributed by atoms with E-state index in [0.717, 1.165) is 25.1 Å². The number of nitrogens with zero attached hydrogens (tertiary/aromatic N) is 1. The lowest BCUT2D eigenvalue weighted by Gasteiger charge is -2.35. The molecule has 29 heavy (non-hydrogen) atoms. The maximum Gasteiger partial charge on any atom is 0.240 e. The van der Waals surface area contributed by atoms with Gasteiger partial charge in [0.25, 0.3) is 0 Å². The molecule has 10 heteroatoms. The highest BCUT2D eigenvalue weighted by Gasteiger charge is 2.34. The molecule has 1 fully saturated rings. The maximum atomic E-state index is 13.0. The van der Waals surface area contributed by atoms with Gasteiger partial charge < -0.3 is 20.1 Å². The van der Waals surface area contributed by atoms with Crippen LogP contribution < -0.4 is 10.0 Å². The molecule has 1 aliphatic heterocycles. The quantitative estimate of drug-likeness (QED) is 0.465. The third-order valence-electron chi connectivity index (χ3n) is 4.74. The van der Waals surface area contributed by atoms with E-state index in [2.05, 4.69) is 10.0 Å². The van der Waals surface area contributed by atoms with Crippen molar-refractivity contribution in [3.8, 4) is 0 Å². The van der Waals surface area contributed by atoms with Crippen molar-refractivity contribution in [3.05, 3.63) is 30.1 Å². The second-order valence-electron chi connectivity index (χ2n) is 7.45. The largest absolute Gasteiger partial charge is 0.394 e. The summed E-state index contributed by atoms with van der Waals surface area (Å²) in [5, 5.41) is 12.5. The molecule has 3 atom stereocenters. The molecule has 0 unspecified atom stereocenters. The molecule has 3 N–H and O–H groups in total. The monoisotopic (exact) mass is 431 g/mol. The molecule has 8 nitrogen and oxygen atoms in total. The fraction of sp³-hybridized carbons (Fsp3) is 0.632. The molecule has 164 valence electrons. The van der Waals surface area contributed by atoms with Gasteiger partial charge in [0.15, 0.2) is 0 Å². The van der Waals surface area contributed by atoms with Crippen molar-refractivity contribution in [2.45, 2.75) is 48.8 Å². The minimum Gasteiger partial charge on any atom is -0.394 e. The highest BCUT2D eigenvalue weighted by molar-refractivity contribution is 7.89. The summed E-state index contributed by atoms with van der Waals surface area (Å²) in [5.74, 6) is -0.656. The number of halogens is 1. The fourth-order valence-electron chi connectivity index (χ4n) is 3.20. The molecule has 0 aliphatic carbocycles. The number of carbonyl (C=O) groups is 1. The SMILES string of the molecule is CN(C)CCCNC(=O)C[C@@H]1CC[C@@H](NS(=O)(=O)c2ccc(F)cc2)[C@H](CO)O1. The molecule has 0 radical (unpaired) electrons. The van der Waals surface area contributed by atoms with Crippen LogP contribution in [0, 0.1) is 5.82 Å². The third kappa shape index (κ3) is 7.63. The minimum atomic E-state index is -3.87. The van der Waals surface area contributed by atoms with Gasteiger partial charge in [-0.2, -0.15) is 0 Å². The summed E-state index contributed by atoms with van der Waals surface area (Å²) < 4.78 is 46.3. The normalized spacial score (nSPS) is 22.6. The van der Waals surface area contributed by atoms with Crippen LogP contribution in [0.3, 0.4) is 0 Å². The van der Waals surface area contributed by atoms with Gasteiger partial charge in [-0.05, 0) is 64.2 Å². The molecule has 1 aromatic carbocycles. The van der Waals surface area contributed by atoms with Crippen LogP contribution in [0.25, 0.3) is 0 Å². The van der Waals surface area contributed by atoms with E-state index in [9.17, 15) is 22.7 Å². The second-order valence-corrected chi connectivity index (χ2v) is 9.16. The number of rotatable bonds is 10. The molecule has 2 rings (SSSR count). The first-order chi connectivity index (χ1) is 13.7. The van der Waals surface area contributed by atoms with Crippen LogP contribution in [0.15, 0.2) is 29.2 Å². The first-order valence-corrected chi connectivity index (χ1v) is 11.1. The summed E-state index contributed by atoms with van der Waals surface area (Å²) in [5.41, 5.74) is 0. The lowest BCUT2D eigenvalue weighted by molar-refractivity contribution is -0.130. The highest BCUT2D eigenvalue weighted by atomic mass is 32.2. The van der Waals surface area contributed by atoms with Gasteiger partial charge in [0.1, 0.15) is 5.82 Å². The molecule has 1 amide bonds. The van der Waals surface area contributed by atoms with Crippen molar-refractivity contribution in [1.29, 1.82) is 0 Å². The predicted molar refractivity (Wildman–Crippen MR) is 106 cm³/mol. The summed E-state index contributed by atoms with van der Waals surface area (Å²) >= 11 is 0. The van der Waals surface area contributed by atoms with Crippen LogP contribution in [0.4, 0.5) is 4.39 Å². The Bertz CT molecular complexity index is 758. The number of aliphatic hydroxyl groups is 1. The lowest BCUT2D eigenvalue weighted by Crippen LogP contribution is -2.51. The summed E-state index contributed by atoms with van der Waals surface area (Å²) in [6.07, 6.45) is 0.771. The van der Waals surface area contributed by atoms with Gasteiger partial charge in [0.2, 0.25) is 15.9 Å². The summed E-state index contributed by atoms with van der Waals surface area (Å²) in [6, 6.07) is 3.87. The van der Waals surface area contributed by atoms with E-state index in [1.165, 1.54) is 12.1 Å². The number of ether oxygens (including phenoxy) is 1. The number of carbonyl (C=O) groups excluding carboxylic acids is 1. The highest BCUT2D eigenvalue weighted by Crippen LogP contribution is 2.23. The van der Waals surface area contributed by atoms with Crippen LogP contribution in [0.5, 0.6) is 0 Å². The van der Waals surface area contributed by atoms with E-state index in [1.807, 2.05) is 19.0 Å². The van der Waals surface area contributed by atoms with Gasteiger partial charge in [-0.25, -0.2) is 17.5 Å². The van der Waals surface area contributed by atoms with E-state index in [0.29, 0.717) is 19.4 Å². The molecule has 0 spiro atoms. The zero-order chi connectivity index (χ0) is 21.4. The van der Waals surface area contributed by atoms with Gasteiger partial charge >= 0.3 is 0 Å². The molecular formula is C19H30FN3O5S. The van der Waals surface area contributed by atoms with Gasteiger partial charge in [0, 0.05) is 6.54 Å². The Morgan fingerprint density at radius 2 is 1.97 bits per heavy atom. The number of aliphatic hydroxyl groups excluding tert-OH is 1. The van der Waals surface area contributed by atoms with Crippen molar-refractivity contribution in [1.82, 2.24) is 14.9 Å². The van der Waals surface area contributed by atoms with Crippen LogP contribution in [-0.4, -0.2) is 76.4 Å². The van der Waals surface area contributed by atoms with E-state index < -0.39 is 28.0 Å². The van der Waals surface area contributed by atoms with Gasteiger partial charge in [-0.1, -0.05) is 0 Å². The van der Waals surface area contributed by atoms with Crippen LogP contribution >= 0.6 is 0 Å². The van der Waals surface area contributed by atoms with Gasteiger partial charge in [0.05, 0.1) is 36.2 Å². The second kappa shape index (κ2) is 11.0. The summed E-state index contributed by atoms with van der Waals surface area (Å²) in [7, 11) is 0.0582. The number of sulfonamides is 1. The Hall–Kier alpha value is -1.59. The molecule has 0 saturated carbocycles. The number of benzene rings is 1. The van der Waals surface area contributed by atoms with Crippen molar-refractivity contribution >= 4 is 15.9 Å². The molecule has 1 heterocycles. The number of nitrogens with one attached hydrogen (secondary N) is 2. The van der Waals surface area contributed by atoms with E-state index in [-0.39, 0.29) is 29.9 Å². The molecule has 1 saturated heterocycles. The first-order valence-electron chi connectivity index (χ1n) is 9.67. The van der Waals surface area contributed by atoms with Crippen molar-refractivity contribution in [3.63, 3.8) is 0 Å². The molecule has 1 aromatic rings. The topological polar surface area (TPSA) is 108 Å². The zero-order valence-electron chi connectivity index (χ0n) is 16.8. The average Bonchev–Trinajstić information content (AvgIpc) is 2.66. The summed E-state index contributed by atoms with van der Waals surface area (Å²) in [4.78, 5) is 14.0. The van der Waals surface area contributed by atoms with Crippen LogP contribution in [0.2, 0.25) is 0 Å². The van der Waals surface area contributed by atoms with E-state index >= 15 is 0 Å². The Labute approximate surface area is 171 Å². The Balaban J connectivity index is 1.85. The van der Waals surface area contributed by atoms with Gasteiger partial charge in [-0.3, -0.25) is 4.79 Å². The Kier molecular flexibility index (Phi) is 8.97. The van der Waals surface area contributed by atoms with Crippen molar-refractivity contribution in [2.24, 2.45) is 0 Å². The molecule has 1 aliphatic rings. The molecular weight excluding hydrogens is 401 g/mol. The average molecular weight is 432 g/mol. The fourth-order valence-corrected chi connectivity index (χ4v) is 4.50. The van der Waals surface area contributed by atoms with E-state index in [1.54, 1.807) is 0 Å². The molecule has 0 aromatic heterocycles. The van der Waals surface area contributed by atoms with Crippen molar-refractivity contribution < 1.29 is 27.4 Å². The smallest absolute Gasteiger partial charge is 0.240 e. The minimum absolute atomic E-state index is 0.0604. The Morgan fingerprint density at radius 3 is 2.59 bits per heavy atom. The van der Waals surface area contributed by atoms with Gasteiger partial charge in [-0.15, -0.1) is 0 Å². The van der Waals surface area contributed by atoms with E-state index in [4.69, 9.17) is 4.74 Å². The van der Waals surface area contributed by atoms with Crippen LogP contribution in [0.1, 0.15) is 25.7 Å². The number of hydrogen-bond donors (Lipinski definition) is 3. The maximum absolute atomic E-state index is 13.0. The zero-order valence-corrected chi connectivity index (χ0v) is 17.6. The number of amides is 1. The molecule has 0 bridgehead atoms. The standard InChI is InChI=1S/C19H30FN3O5S/c1-23(2)11-3-10-21-19(25)12-15-6-9-17(18(13-24)28-15)22-29(26,27)16-7-4-14(20)5-8-16/h4-5,7-8,15,17-18,22,24H,3,6,9-13H2,1-2H3,(H,21,25)/t15-,17+,18-/m0/s1. The van der Waals surface area contributed by atoms with Crippen LogP contribution in [-0.2, 0) is 19.6 Å². The number of hydrogen-bond acceptors (Lipinski definition) is 6. The predicted octanol–water partition coefficient (Wildman–Crippen LogP) is 0.471. The first kappa shape index (κ1) is 23.7. The summed E-state index contributed by atoms with van der Waals surface area (Å²) in [6.45, 7) is 1.08. The lowest BCUT2D eigenvalue weighted by atomic mass is 9.98. The third-order valence-corrected chi connectivity index (χ3v) is 6.25. The Morgan fingerprint density at radius 1 is 1.28 bits per heavy atom. The van der Waals surface area contributed by atoms with Crippen molar-refractivity contribution in [2.75, 3.05) is 33.8 Å².